The molecular weight excluding hydrogens is 476 g/mol. The average Bonchev–Trinajstić information content (AvgIpc) is 2.92. The molecule has 0 aliphatic carbocycles. The summed E-state index contributed by atoms with van der Waals surface area (Å²) in [5.41, 5.74) is 3.22. The smallest absolute Gasteiger partial charge is 0.161 e. The summed E-state index contributed by atoms with van der Waals surface area (Å²) in [5.74, 6) is 2.13. The van der Waals surface area contributed by atoms with Crippen LogP contribution in [0.5, 0.6) is 11.5 Å². The van der Waals surface area contributed by atoms with E-state index in [-0.39, 0.29) is 17.8 Å². The van der Waals surface area contributed by atoms with E-state index < -0.39 is 0 Å². The molecule has 2 aromatic carbocycles. The molecule has 0 radical (unpaired) electrons. The Kier molecular flexibility index (Phi) is 13.1. The number of ketones is 1. The first-order chi connectivity index (χ1) is 18.3. The number of methoxy groups -OCH3 is 1. The summed E-state index contributed by atoms with van der Waals surface area (Å²) in [5, 5.41) is 3.20. The first-order valence-corrected chi connectivity index (χ1v) is 13.2. The van der Waals surface area contributed by atoms with Gasteiger partial charge >= 0.3 is 0 Å². The molecule has 6 nitrogen and oxygen atoms in total. The number of ether oxygens (including phenoxy) is 3. The number of pyridine rings is 1. The molecule has 0 spiro atoms. The van der Waals surface area contributed by atoms with Gasteiger partial charge in [-0.2, -0.15) is 0 Å². The minimum Gasteiger partial charge on any atom is -0.493 e. The summed E-state index contributed by atoms with van der Waals surface area (Å²) in [6.07, 6.45) is 4.06. The molecular formula is C32H42N2O4. The maximum absolute atomic E-state index is 11.5. The van der Waals surface area contributed by atoms with Gasteiger partial charge in [-0.25, -0.2) is 4.98 Å². The quantitative estimate of drug-likeness (QED) is 0.233. The second-order valence-electron chi connectivity index (χ2n) is 9.29. The lowest BCUT2D eigenvalue weighted by Gasteiger charge is -2.19. The summed E-state index contributed by atoms with van der Waals surface area (Å²) in [6.45, 7) is 15.1. The van der Waals surface area contributed by atoms with Crippen LogP contribution >= 0.6 is 0 Å². The summed E-state index contributed by atoms with van der Waals surface area (Å²) in [7, 11) is 1.64. The van der Waals surface area contributed by atoms with E-state index >= 15 is 0 Å². The average molecular weight is 519 g/mol. The van der Waals surface area contributed by atoms with Gasteiger partial charge in [-0.3, -0.25) is 4.79 Å². The van der Waals surface area contributed by atoms with Gasteiger partial charge in [0.2, 0.25) is 0 Å². The van der Waals surface area contributed by atoms with Crippen LogP contribution in [0.25, 0.3) is 5.70 Å². The minimum absolute atomic E-state index is 0.0283. The Labute approximate surface area is 228 Å². The standard InChI is InChI=1S/C28H32N2O4.C4H10/c1-19(23-9-7-6-8-10-23)17-33-26-13-25(14-27(15-26)34-20(2)18-32-5)21(3)30-28-12-11-24(16-29-28)22(4)31;1-3-4-2/h6-16,19-20H,3,17-18H2,1-2,4-5H3,(H,29,30);3-4H2,1-2H3/t19-,20?;/m1./s1. The highest BCUT2D eigenvalue weighted by molar-refractivity contribution is 5.94. The lowest BCUT2D eigenvalue weighted by molar-refractivity contribution is 0.0918. The molecule has 0 aliphatic rings. The third kappa shape index (κ3) is 10.4. The van der Waals surface area contributed by atoms with Gasteiger partial charge in [-0.15, -0.1) is 0 Å². The fourth-order valence-corrected chi connectivity index (χ4v) is 3.40. The van der Waals surface area contributed by atoms with E-state index in [1.54, 1.807) is 25.4 Å². The van der Waals surface area contributed by atoms with E-state index in [0.29, 0.717) is 41.8 Å². The van der Waals surface area contributed by atoms with Crippen LogP contribution in [0.4, 0.5) is 5.82 Å². The lowest BCUT2D eigenvalue weighted by atomic mass is 10.0. The summed E-state index contributed by atoms with van der Waals surface area (Å²) >= 11 is 0. The zero-order valence-electron chi connectivity index (χ0n) is 23.6. The Hall–Kier alpha value is -3.64. The van der Waals surface area contributed by atoms with Crippen molar-refractivity contribution in [3.05, 3.63) is 90.1 Å². The molecule has 6 heteroatoms. The molecule has 1 aromatic heterocycles. The van der Waals surface area contributed by atoms with Crippen LogP contribution < -0.4 is 14.8 Å². The van der Waals surface area contributed by atoms with E-state index in [1.807, 2.05) is 43.3 Å². The van der Waals surface area contributed by atoms with E-state index in [1.165, 1.54) is 25.3 Å². The minimum atomic E-state index is -0.127. The second-order valence-corrected chi connectivity index (χ2v) is 9.29. The fraction of sp³-hybridized carbons (Fsp3) is 0.375. The number of nitrogens with zero attached hydrogens (tertiary/aromatic N) is 1. The molecule has 2 atom stereocenters. The number of aromatic nitrogens is 1. The SMILES string of the molecule is C=C(Nc1ccc(C(C)=O)cn1)c1cc(OC[C@@H](C)c2ccccc2)cc(OC(C)COC)c1.CCCC. The highest BCUT2D eigenvalue weighted by Crippen LogP contribution is 2.29. The first kappa shape index (κ1) is 30.6. The summed E-state index contributed by atoms with van der Waals surface area (Å²) < 4.78 is 17.4. The molecule has 0 fully saturated rings. The molecule has 204 valence electrons. The van der Waals surface area contributed by atoms with E-state index in [0.717, 1.165) is 5.56 Å². The van der Waals surface area contributed by atoms with Crippen LogP contribution in [0.3, 0.4) is 0 Å². The van der Waals surface area contributed by atoms with Crippen molar-refractivity contribution in [3.8, 4) is 11.5 Å². The Morgan fingerprint density at radius 1 is 0.947 bits per heavy atom. The van der Waals surface area contributed by atoms with Crippen molar-refractivity contribution in [1.82, 2.24) is 4.98 Å². The highest BCUT2D eigenvalue weighted by atomic mass is 16.5. The van der Waals surface area contributed by atoms with Gasteiger partial charge in [0.25, 0.3) is 0 Å². The second kappa shape index (κ2) is 16.3. The normalized spacial score (nSPS) is 11.9. The molecule has 1 heterocycles. The van der Waals surface area contributed by atoms with Gasteiger partial charge in [-0.1, -0.05) is 70.5 Å². The Morgan fingerprint density at radius 3 is 2.21 bits per heavy atom. The largest absolute Gasteiger partial charge is 0.493 e. The van der Waals surface area contributed by atoms with Crippen molar-refractivity contribution in [2.45, 2.75) is 59.5 Å². The third-order valence-corrected chi connectivity index (χ3v) is 5.78. The number of rotatable bonds is 13. The van der Waals surface area contributed by atoms with E-state index in [9.17, 15) is 4.79 Å². The maximum Gasteiger partial charge on any atom is 0.161 e. The summed E-state index contributed by atoms with van der Waals surface area (Å²) in [4.78, 5) is 15.8. The Balaban J connectivity index is 0.00000118. The van der Waals surface area contributed by atoms with Crippen LogP contribution in [0.2, 0.25) is 0 Å². The van der Waals surface area contributed by atoms with Crippen LogP contribution in [0.15, 0.2) is 73.4 Å². The monoisotopic (exact) mass is 518 g/mol. The number of carbonyl (C=O) groups is 1. The lowest BCUT2D eigenvalue weighted by Crippen LogP contribution is -2.18. The molecule has 0 saturated heterocycles. The topological polar surface area (TPSA) is 69.7 Å². The third-order valence-electron chi connectivity index (χ3n) is 5.78. The summed E-state index contributed by atoms with van der Waals surface area (Å²) in [6, 6.07) is 19.4. The van der Waals surface area contributed by atoms with Crippen molar-refractivity contribution in [1.29, 1.82) is 0 Å². The number of carbonyl (C=O) groups excluding carboxylic acids is 1. The predicted octanol–water partition coefficient (Wildman–Crippen LogP) is 7.77. The van der Waals surface area contributed by atoms with Gasteiger partial charge < -0.3 is 19.5 Å². The van der Waals surface area contributed by atoms with Crippen LogP contribution in [-0.4, -0.2) is 37.2 Å². The van der Waals surface area contributed by atoms with Crippen molar-refractivity contribution >= 4 is 17.3 Å². The molecule has 1 N–H and O–H groups in total. The molecule has 1 unspecified atom stereocenters. The number of benzene rings is 2. The van der Waals surface area contributed by atoms with Crippen LogP contribution in [-0.2, 0) is 4.74 Å². The molecule has 38 heavy (non-hydrogen) atoms. The number of Topliss-reactive ketones (excluding diaryl/α,β-unsaturated/α-hetero) is 1. The van der Waals surface area contributed by atoms with Crippen LogP contribution in [0.1, 0.15) is 74.9 Å². The Morgan fingerprint density at radius 2 is 1.63 bits per heavy atom. The molecule has 3 aromatic rings. The molecule has 0 aliphatic heterocycles. The van der Waals surface area contributed by atoms with Gasteiger partial charge in [0.1, 0.15) is 23.4 Å². The van der Waals surface area contributed by atoms with Gasteiger partial charge in [0.05, 0.1) is 13.2 Å². The number of unbranched alkanes of at least 4 members (excludes halogenated alkanes) is 1. The maximum atomic E-state index is 11.5. The molecule has 0 saturated carbocycles. The van der Waals surface area contributed by atoms with Crippen LogP contribution in [0, 0.1) is 0 Å². The van der Waals surface area contributed by atoms with Crippen molar-refractivity contribution in [2.24, 2.45) is 0 Å². The zero-order chi connectivity index (χ0) is 27.9. The number of hydrogen-bond acceptors (Lipinski definition) is 6. The van der Waals surface area contributed by atoms with Crippen molar-refractivity contribution in [3.63, 3.8) is 0 Å². The zero-order valence-corrected chi connectivity index (χ0v) is 23.6. The molecule has 0 amide bonds. The first-order valence-electron chi connectivity index (χ1n) is 13.2. The predicted molar refractivity (Wildman–Crippen MR) is 156 cm³/mol. The van der Waals surface area contributed by atoms with E-state index in [4.69, 9.17) is 14.2 Å². The van der Waals surface area contributed by atoms with Gasteiger partial charge in [0.15, 0.2) is 5.78 Å². The number of nitrogens with one attached hydrogen (secondary N) is 1. The Bertz CT molecular complexity index is 1130. The number of anilines is 1. The molecule has 3 rings (SSSR count). The van der Waals surface area contributed by atoms with Crippen molar-refractivity contribution in [2.75, 3.05) is 25.6 Å². The number of hydrogen-bond donors (Lipinski definition) is 1. The molecule has 0 bridgehead atoms. The van der Waals surface area contributed by atoms with Gasteiger partial charge in [0, 0.05) is 42.1 Å². The van der Waals surface area contributed by atoms with E-state index in [2.05, 4.69) is 49.8 Å². The highest BCUT2D eigenvalue weighted by Gasteiger charge is 2.12. The van der Waals surface area contributed by atoms with Crippen molar-refractivity contribution < 1.29 is 19.0 Å². The fourth-order valence-electron chi connectivity index (χ4n) is 3.40. The van der Waals surface area contributed by atoms with Gasteiger partial charge in [-0.05, 0) is 43.7 Å².